The summed E-state index contributed by atoms with van der Waals surface area (Å²) in [5.41, 5.74) is 4.99. The van der Waals surface area contributed by atoms with Crippen LogP contribution in [-0.2, 0) is 11.2 Å². The van der Waals surface area contributed by atoms with Crippen LogP contribution in [0.1, 0.15) is 59.7 Å². The lowest BCUT2D eigenvalue weighted by atomic mass is 9.77. The zero-order valence-corrected chi connectivity index (χ0v) is 17.5. The lowest BCUT2D eigenvalue weighted by Crippen LogP contribution is -2.16. The number of carboxylic acid groups (broad SMARTS) is 1. The average Bonchev–Trinajstić information content (AvgIpc) is 3.19. The van der Waals surface area contributed by atoms with Gasteiger partial charge in [0.25, 0.3) is 0 Å². The van der Waals surface area contributed by atoms with Crippen molar-refractivity contribution >= 4 is 17.3 Å². The molecule has 1 aromatic heterocycles. The second kappa shape index (κ2) is 8.87. The van der Waals surface area contributed by atoms with Crippen molar-refractivity contribution in [2.75, 3.05) is 0 Å². The van der Waals surface area contributed by atoms with Gasteiger partial charge in [0.05, 0.1) is 0 Å². The molecule has 0 aliphatic heterocycles. The zero-order valence-electron chi connectivity index (χ0n) is 16.7. The fourth-order valence-corrected chi connectivity index (χ4v) is 5.05. The van der Waals surface area contributed by atoms with E-state index in [1.165, 1.54) is 16.7 Å². The molecule has 0 spiro atoms. The molecular weight excluding hydrogens is 380 g/mol. The van der Waals surface area contributed by atoms with E-state index in [1.807, 2.05) is 0 Å². The van der Waals surface area contributed by atoms with Crippen molar-refractivity contribution in [2.45, 2.75) is 51.4 Å². The minimum absolute atomic E-state index is 0.313. The predicted octanol–water partition coefficient (Wildman–Crippen LogP) is 5.85. The molecule has 0 radical (unpaired) electrons. The fraction of sp³-hybridized carbons (Fsp3) is 0.375. The first kappa shape index (κ1) is 19.8. The highest BCUT2D eigenvalue weighted by molar-refractivity contribution is 7.14. The summed E-state index contributed by atoms with van der Waals surface area (Å²) in [7, 11) is 0. The first-order valence-corrected chi connectivity index (χ1v) is 11.1. The summed E-state index contributed by atoms with van der Waals surface area (Å²) in [4.78, 5) is 10.9. The third kappa shape index (κ3) is 5.10. The molecule has 0 amide bonds. The number of benzene rings is 2. The van der Waals surface area contributed by atoms with Crippen LogP contribution in [0.15, 0.2) is 48.5 Å². The van der Waals surface area contributed by atoms with Crippen LogP contribution in [0.2, 0.25) is 0 Å². The first-order valence-electron chi connectivity index (χ1n) is 10.3. The number of aryl methyl sites for hydroxylation is 1. The van der Waals surface area contributed by atoms with Crippen molar-refractivity contribution in [3.63, 3.8) is 0 Å². The molecule has 29 heavy (non-hydrogen) atoms. The summed E-state index contributed by atoms with van der Waals surface area (Å²) in [5, 5.41) is 19.7. The maximum Gasteiger partial charge on any atom is 0.303 e. The molecule has 1 saturated carbocycles. The Balaban J connectivity index is 1.38. The molecule has 1 fully saturated rings. The Labute approximate surface area is 175 Å². The van der Waals surface area contributed by atoms with Gasteiger partial charge in [0, 0.05) is 18.4 Å². The molecule has 1 aliphatic rings. The smallest absolute Gasteiger partial charge is 0.303 e. The topological polar surface area (TPSA) is 63.1 Å². The van der Waals surface area contributed by atoms with Gasteiger partial charge < -0.3 is 5.11 Å². The first-order chi connectivity index (χ1) is 14.1. The van der Waals surface area contributed by atoms with Crippen LogP contribution in [0.5, 0.6) is 0 Å². The van der Waals surface area contributed by atoms with Crippen molar-refractivity contribution < 1.29 is 9.90 Å². The van der Waals surface area contributed by atoms with Crippen LogP contribution in [0.25, 0.3) is 10.6 Å². The molecule has 4 nitrogen and oxygen atoms in total. The molecule has 150 valence electrons. The maximum absolute atomic E-state index is 10.9. The number of aliphatic carboxylic acids is 1. The van der Waals surface area contributed by atoms with Gasteiger partial charge in [0.15, 0.2) is 0 Å². The Morgan fingerprint density at radius 1 is 1.00 bits per heavy atom. The van der Waals surface area contributed by atoms with Crippen LogP contribution in [0.3, 0.4) is 0 Å². The summed E-state index contributed by atoms with van der Waals surface area (Å²) in [5.74, 6) is 0.216. The second-order valence-corrected chi connectivity index (χ2v) is 9.16. The number of nitrogens with zero attached hydrogens (tertiary/aromatic N) is 2. The Hall–Kier alpha value is -2.53. The molecule has 0 saturated heterocycles. The molecular formula is C24H26N2O2S. The summed E-state index contributed by atoms with van der Waals surface area (Å²) in [6.45, 7) is 2.10. The molecule has 0 unspecified atom stereocenters. The van der Waals surface area contributed by atoms with Crippen LogP contribution < -0.4 is 0 Å². The zero-order chi connectivity index (χ0) is 20.2. The molecule has 1 heterocycles. The number of hydrogen-bond acceptors (Lipinski definition) is 4. The lowest BCUT2D eigenvalue weighted by molar-refractivity contribution is -0.138. The molecule has 3 aromatic rings. The van der Waals surface area contributed by atoms with Crippen LogP contribution in [0, 0.1) is 12.8 Å². The van der Waals surface area contributed by atoms with Crippen LogP contribution in [-0.4, -0.2) is 21.3 Å². The Bertz CT molecular complexity index is 955. The summed E-state index contributed by atoms with van der Waals surface area (Å²) < 4.78 is 0. The Morgan fingerprint density at radius 3 is 2.34 bits per heavy atom. The van der Waals surface area contributed by atoms with Crippen molar-refractivity contribution in [3.05, 3.63) is 70.2 Å². The number of carboxylic acids is 1. The summed E-state index contributed by atoms with van der Waals surface area (Å²) in [6, 6.07) is 17.3. The van der Waals surface area contributed by atoms with Crippen molar-refractivity contribution in [1.29, 1.82) is 0 Å². The standard InChI is InChI=1S/C24H26N2O2S/c1-16-2-4-17(5-3-16)14-22-25-26-24(29-22)21-12-10-20(11-13-21)19-8-6-18(7-9-19)15-23(27)28/h2-5,10-13,18-19H,6-9,14-15H2,1H3,(H,27,28). The van der Waals surface area contributed by atoms with E-state index in [2.05, 4.69) is 65.7 Å². The highest BCUT2D eigenvalue weighted by atomic mass is 32.1. The van der Waals surface area contributed by atoms with Gasteiger partial charge in [0.1, 0.15) is 10.0 Å². The summed E-state index contributed by atoms with van der Waals surface area (Å²) >= 11 is 1.65. The third-order valence-electron chi connectivity index (χ3n) is 5.88. The number of carbonyl (C=O) groups is 1. The fourth-order valence-electron chi connectivity index (χ4n) is 4.17. The number of hydrogen-bond donors (Lipinski definition) is 1. The molecule has 1 N–H and O–H groups in total. The molecule has 0 bridgehead atoms. The van der Waals surface area contributed by atoms with Crippen LogP contribution in [0.4, 0.5) is 0 Å². The highest BCUT2D eigenvalue weighted by Crippen LogP contribution is 2.37. The van der Waals surface area contributed by atoms with Crippen molar-refractivity contribution in [2.24, 2.45) is 5.92 Å². The van der Waals surface area contributed by atoms with Gasteiger partial charge in [0.2, 0.25) is 0 Å². The van der Waals surface area contributed by atoms with Gasteiger partial charge in [-0.05, 0) is 55.6 Å². The van der Waals surface area contributed by atoms with E-state index < -0.39 is 5.97 Å². The van der Waals surface area contributed by atoms with Crippen molar-refractivity contribution in [1.82, 2.24) is 10.2 Å². The molecule has 0 atom stereocenters. The minimum atomic E-state index is -0.670. The van der Waals surface area contributed by atoms with Gasteiger partial charge in [-0.2, -0.15) is 0 Å². The Kier molecular flexibility index (Phi) is 6.05. The van der Waals surface area contributed by atoms with Crippen LogP contribution >= 0.6 is 11.3 Å². The van der Waals surface area contributed by atoms with E-state index >= 15 is 0 Å². The van der Waals surface area contributed by atoms with E-state index in [0.717, 1.165) is 47.7 Å². The average molecular weight is 407 g/mol. The summed E-state index contributed by atoms with van der Waals surface area (Å²) in [6.07, 6.45) is 5.31. The third-order valence-corrected chi connectivity index (χ3v) is 6.85. The highest BCUT2D eigenvalue weighted by Gasteiger charge is 2.24. The molecule has 2 aromatic carbocycles. The lowest BCUT2D eigenvalue weighted by Gasteiger charge is -2.28. The van der Waals surface area contributed by atoms with Gasteiger partial charge in [-0.1, -0.05) is 65.4 Å². The quantitative estimate of drug-likeness (QED) is 0.557. The van der Waals surface area contributed by atoms with E-state index in [4.69, 9.17) is 5.11 Å². The van der Waals surface area contributed by atoms with Crippen molar-refractivity contribution in [3.8, 4) is 10.6 Å². The molecule has 5 heteroatoms. The molecule has 4 rings (SSSR count). The monoisotopic (exact) mass is 406 g/mol. The number of rotatable bonds is 6. The maximum atomic E-state index is 10.9. The predicted molar refractivity (Wildman–Crippen MR) is 116 cm³/mol. The second-order valence-electron chi connectivity index (χ2n) is 8.10. The van der Waals surface area contributed by atoms with E-state index in [9.17, 15) is 4.79 Å². The Morgan fingerprint density at radius 2 is 1.69 bits per heavy atom. The van der Waals surface area contributed by atoms with Gasteiger partial charge in [-0.15, -0.1) is 10.2 Å². The normalized spacial score (nSPS) is 19.2. The number of aromatic nitrogens is 2. The van der Waals surface area contributed by atoms with E-state index in [-0.39, 0.29) is 0 Å². The minimum Gasteiger partial charge on any atom is -0.481 e. The largest absolute Gasteiger partial charge is 0.481 e. The van der Waals surface area contributed by atoms with Gasteiger partial charge >= 0.3 is 5.97 Å². The van der Waals surface area contributed by atoms with E-state index in [0.29, 0.717) is 18.3 Å². The van der Waals surface area contributed by atoms with Gasteiger partial charge in [-0.25, -0.2) is 0 Å². The van der Waals surface area contributed by atoms with E-state index in [1.54, 1.807) is 11.3 Å². The molecule has 1 aliphatic carbocycles. The van der Waals surface area contributed by atoms with Gasteiger partial charge in [-0.3, -0.25) is 4.79 Å². The SMILES string of the molecule is Cc1ccc(Cc2nnc(-c3ccc(C4CCC(CC(=O)O)CC4)cc3)s2)cc1.